The molecule has 1 fully saturated rings. The Morgan fingerprint density at radius 1 is 1.58 bits per heavy atom. The van der Waals surface area contributed by atoms with Crippen molar-refractivity contribution in [1.82, 2.24) is 5.32 Å². The average molecular weight is 173 g/mol. The number of aliphatic hydroxyl groups excluding tert-OH is 1. The zero-order chi connectivity index (χ0) is 8.97. The molecule has 3 heteroatoms. The van der Waals surface area contributed by atoms with Gasteiger partial charge in [0.15, 0.2) is 0 Å². The third kappa shape index (κ3) is 2.73. The summed E-state index contributed by atoms with van der Waals surface area (Å²) < 4.78 is 5.29. The minimum Gasteiger partial charge on any atom is -0.395 e. The summed E-state index contributed by atoms with van der Waals surface area (Å²) in [6.07, 6.45) is 1.15. The van der Waals surface area contributed by atoms with E-state index < -0.39 is 0 Å². The first-order valence-corrected chi connectivity index (χ1v) is 4.68. The standard InChI is InChI=1S/C9H19NO2/c1-7(5-11)10-8(2)9-3-4-12-6-9/h7-11H,3-6H2,1-2H3/t7-,8?,9?/m1/s1. The normalized spacial score (nSPS) is 28.8. The van der Waals surface area contributed by atoms with Crippen LogP contribution >= 0.6 is 0 Å². The molecular formula is C9H19NO2. The number of rotatable bonds is 4. The number of hydrogen-bond acceptors (Lipinski definition) is 3. The summed E-state index contributed by atoms with van der Waals surface area (Å²) >= 11 is 0. The number of aliphatic hydroxyl groups is 1. The van der Waals surface area contributed by atoms with E-state index in [1.807, 2.05) is 6.92 Å². The Balaban J connectivity index is 2.21. The third-order valence-corrected chi connectivity index (χ3v) is 2.49. The van der Waals surface area contributed by atoms with Crippen molar-refractivity contribution in [3.05, 3.63) is 0 Å². The van der Waals surface area contributed by atoms with Gasteiger partial charge in [0.1, 0.15) is 0 Å². The molecule has 3 nitrogen and oxygen atoms in total. The van der Waals surface area contributed by atoms with E-state index in [0.717, 1.165) is 19.6 Å². The highest BCUT2D eigenvalue weighted by Gasteiger charge is 2.22. The van der Waals surface area contributed by atoms with Gasteiger partial charge in [-0.15, -0.1) is 0 Å². The summed E-state index contributed by atoms with van der Waals surface area (Å²) in [7, 11) is 0. The molecule has 1 aliphatic heterocycles. The van der Waals surface area contributed by atoms with Gasteiger partial charge in [0, 0.05) is 18.7 Å². The van der Waals surface area contributed by atoms with E-state index >= 15 is 0 Å². The summed E-state index contributed by atoms with van der Waals surface area (Å²) in [5.41, 5.74) is 0. The zero-order valence-corrected chi connectivity index (χ0v) is 7.92. The topological polar surface area (TPSA) is 41.5 Å². The largest absolute Gasteiger partial charge is 0.395 e. The molecule has 0 bridgehead atoms. The van der Waals surface area contributed by atoms with Gasteiger partial charge in [-0.3, -0.25) is 0 Å². The smallest absolute Gasteiger partial charge is 0.0582 e. The lowest BCUT2D eigenvalue weighted by atomic mass is 10.0. The van der Waals surface area contributed by atoms with Gasteiger partial charge in [-0.2, -0.15) is 0 Å². The monoisotopic (exact) mass is 173 g/mol. The fraction of sp³-hybridized carbons (Fsp3) is 1.00. The Kier molecular flexibility index (Phi) is 3.98. The highest BCUT2D eigenvalue weighted by molar-refractivity contribution is 4.77. The Bertz CT molecular complexity index is 124. The maximum absolute atomic E-state index is 8.83. The van der Waals surface area contributed by atoms with E-state index in [4.69, 9.17) is 9.84 Å². The van der Waals surface area contributed by atoms with Gasteiger partial charge in [0.05, 0.1) is 13.2 Å². The second kappa shape index (κ2) is 4.80. The molecule has 0 aromatic carbocycles. The summed E-state index contributed by atoms with van der Waals surface area (Å²) in [5.74, 6) is 0.624. The molecule has 0 saturated carbocycles. The number of nitrogens with one attached hydrogen (secondary N) is 1. The number of hydrogen-bond donors (Lipinski definition) is 2. The van der Waals surface area contributed by atoms with Gasteiger partial charge in [-0.05, 0) is 26.2 Å². The Morgan fingerprint density at radius 2 is 2.33 bits per heavy atom. The molecule has 12 heavy (non-hydrogen) atoms. The summed E-state index contributed by atoms with van der Waals surface area (Å²) in [6.45, 7) is 6.12. The maximum atomic E-state index is 8.83. The van der Waals surface area contributed by atoms with Crippen LogP contribution in [0.1, 0.15) is 20.3 Å². The Hall–Kier alpha value is -0.120. The SMILES string of the molecule is CC(N[C@H](C)CO)C1CCOC1. The molecule has 1 heterocycles. The first kappa shape index (κ1) is 9.96. The molecule has 0 spiro atoms. The van der Waals surface area contributed by atoms with Crippen LogP contribution in [-0.4, -0.2) is 37.0 Å². The van der Waals surface area contributed by atoms with Crippen molar-refractivity contribution in [2.24, 2.45) is 5.92 Å². The highest BCUT2D eigenvalue weighted by atomic mass is 16.5. The van der Waals surface area contributed by atoms with E-state index in [9.17, 15) is 0 Å². The van der Waals surface area contributed by atoms with E-state index in [0.29, 0.717) is 12.0 Å². The first-order chi connectivity index (χ1) is 5.74. The predicted molar refractivity (Wildman–Crippen MR) is 48.1 cm³/mol. The lowest BCUT2D eigenvalue weighted by Crippen LogP contribution is -2.41. The average Bonchev–Trinajstić information content (AvgIpc) is 2.56. The molecule has 0 aromatic rings. The molecule has 2 N–H and O–H groups in total. The van der Waals surface area contributed by atoms with Crippen molar-refractivity contribution >= 4 is 0 Å². The van der Waals surface area contributed by atoms with E-state index in [1.54, 1.807) is 0 Å². The highest BCUT2D eigenvalue weighted by Crippen LogP contribution is 2.16. The maximum Gasteiger partial charge on any atom is 0.0582 e. The molecule has 0 amide bonds. The predicted octanol–water partition coefficient (Wildman–Crippen LogP) is 0.382. The van der Waals surface area contributed by atoms with Gasteiger partial charge < -0.3 is 15.2 Å². The van der Waals surface area contributed by atoms with Crippen LogP contribution in [0.4, 0.5) is 0 Å². The minimum atomic E-state index is 0.195. The van der Waals surface area contributed by atoms with Gasteiger partial charge in [-0.25, -0.2) is 0 Å². The van der Waals surface area contributed by atoms with Crippen molar-refractivity contribution in [1.29, 1.82) is 0 Å². The second-order valence-electron chi connectivity index (χ2n) is 3.66. The van der Waals surface area contributed by atoms with Crippen molar-refractivity contribution in [2.45, 2.75) is 32.4 Å². The fourth-order valence-electron chi connectivity index (χ4n) is 1.58. The minimum absolute atomic E-state index is 0.195. The third-order valence-electron chi connectivity index (χ3n) is 2.49. The van der Waals surface area contributed by atoms with Crippen LogP contribution in [0.2, 0.25) is 0 Å². The molecule has 0 aliphatic carbocycles. The fourth-order valence-corrected chi connectivity index (χ4v) is 1.58. The first-order valence-electron chi connectivity index (χ1n) is 4.68. The van der Waals surface area contributed by atoms with Gasteiger partial charge in [-0.1, -0.05) is 0 Å². The Morgan fingerprint density at radius 3 is 2.83 bits per heavy atom. The van der Waals surface area contributed by atoms with Crippen molar-refractivity contribution < 1.29 is 9.84 Å². The van der Waals surface area contributed by atoms with Crippen LogP contribution in [0, 0.1) is 5.92 Å². The molecule has 72 valence electrons. The van der Waals surface area contributed by atoms with Gasteiger partial charge in [0.2, 0.25) is 0 Å². The summed E-state index contributed by atoms with van der Waals surface area (Å²) in [6, 6.07) is 0.648. The lowest BCUT2D eigenvalue weighted by molar-refractivity contribution is 0.172. The van der Waals surface area contributed by atoms with E-state index in [-0.39, 0.29) is 12.6 Å². The van der Waals surface area contributed by atoms with E-state index in [1.165, 1.54) is 0 Å². The molecule has 1 saturated heterocycles. The van der Waals surface area contributed by atoms with Crippen molar-refractivity contribution in [3.63, 3.8) is 0 Å². The molecule has 0 aromatic heterocycles. The van der Waals surface area contributed by atoms with Crippen molar-refractivity contribution in [2.75, 3.05) is 19.8 Å². The Labute approximate surface area is 74.1 Å². The van der Waals surface area contributed by atoms with Crippen LogP contribution in [0.25, 0.3) is 0 Å². The van der Waals surface area contributed by atoms with Crippen LogP contribution in [-0.2, 0) is 4.74 Å². The van der Waals surface area contributed by atoms with Crippen LogP contribution in [0.3, 0.4) is 0 Å². The summed E-state index contributed by atoms with van der Waals surface area (Å²) in [4.78, 5) is 0. The van der Waals surface area contributed by atoms with Crippen LogP contribution in [0.15, 0.2) is 0 Å². The molecule has 0 radical (unpaired) electrons. The molecule has 3 atom stereocenters. The molecule has 2 unspecified atom stereocenters. The van der Waals surface area contributed by atoms with Gasteiger partial charge >= 0.3 is 0 Å². The lowest BCUT2D eigenvalue weighted by Gasteiger charge is -2.22. The van der Waals surface area contributed by atoms with E-state index in [2.05, 4.69) is 12.2 Å². The second-order valence-corrected chi connectivity index (χ2v) is 3.66. The molecule has 1 aliphatic rings. The summed E-state index contributed by atoms with van der Waals surface area (Å²) in [5, 5.41) is 12.2. The quantitative estimate of drug-likeness (QED) is 0.646. The van der Waals surface area contributed by atoms with Crippen LogP contribution < -0.4 is 5.32 Å². The number of ether oxygens (including phenoxy) is 1. The van der Waals surface area contributed by atoms with Crippen LogP contribution in [0.5, 0.6) is 0 Å². The molecule has 1 rings (SSSR count). The zero-order valence-electron chi connectivity index (χ0n) is 7.92. The molecular weight excluding hydrogens is 154 g/mol. The van der Waals surface area contributed by atoms with Gasteiger partial charge in [0.25, 0.3) is 0 Å². The van der Waals surface area contributed by atoms with Crippen molar-refractivity contribution in [3.8, 4) is 0 Å².